The average Bonchev–Trinajstić information content (AvgIpc) is 2.49. The molecule has 2 aromatic rings. The van der Waals surface area contributed by atoms with E-state index in [9.17, 15) is 0 Å². The lowest BCUT2D eigenvalue weighted by atomic mass is 10.3. The number of anilines is 1. The number of aromatic amines is 1. The summed E-state index contributed by atoms with van der Waals surface area (Å²) in [6, 6.07) is 5.74. The van der Waals surface area contributed by atoms with Crippen LogP contribution in [0.1, 0.15) is 0 Å². The third-order valence-electron chi connectivity index (χ3n) is 1.72. The molecule has 3 N–H and O–H groups in total. The number of nitrogens with two attached hydrogens (primary N) is 1. The fourth-order valence-electron chi connectivity index (χ4n) is 1.13. The summed E-state index contributed by atoms with van der Waals surface area (Å²) in [5.74, 6) is 0. The molecule has 0 atom stereocenters. The predicted molar refractivity (Wildman–Crippen MR) is 52.3 cm³/mol. The molecule has 0 bridgehead atoms. The molecule has 1 aromatic heterocycles. The van der Waals surface area contributed by atoms with E-state index < -0.39 is 0 Å². The number of imidazole rings is 1. The minimum atomic E-state index is 0.726. The van der Waals surface area contributed by atoms with Crippen molar-refractivity contribution in [2.24, 2.45) is 0 Å². The van der Waals surface area contributed by atoms with E-state index in [1.165, 1.54) is 0 Å². The van der Waals surface area contributed by atoms with Gasteiger partial charge in [-0.15, -0.1) is 0 Å². The maximum absolute atomic E-state index is 5.73. The molecule has 0 spiro atoms. The summed E-state index contributed by atoms with van der Waals surface area (Å²) in [6.07, 6.45) is 1.98. The van der Waals surface area contributed by atoms with E-state index in [2.05, 4.69) is 9.97 Å². The van der Waals surface area contributed by atoms with Gasteiger partial charge in [0.25, 0.3) is 0 Å². The Morgan fingerprint density at radius 1 is 1.50 bits per heavy atom. The summed E-state index contributed by atoms with van der Waals surface area (Å²) in [4.78, 5) is 7.47. The average molecular weight is 179 g/mol. The number of thioether (sulfide) groups is 1. The molecule has 3 nitrogen and oxygen atoms in total. The first kappa shape index (κ1) is 7.49. The van der Waals surface area contributed by atoms with Crippen molar-refractivity contribution in [2.45, 2.75) is 5.16 Å². The second-order valence-corrected chi connectivity index (χ2v) is 3.28. The number of aromatic nitrogens is 2. The molecule has 0 saturated carbocycles. The van der Waals surface area contributed by atoms with Crippen LogP contribution in [-0.4, -0.2) is 16.2 Å². The zero-order chi connectivity index (χ0) is 8.55. The molecule has 1 aromatic carbocycles. The van der Waals surface area contributed by atoms with Crippen LogP contribution in [0.2, 0.25) is 0 Å². The van der Waals surface area contributed by atoms with E-state index in [1.54, 1.807) is 11.8 Å². The summed E-state index contributed by atoms with van der Waals surface area (Å²) in [6.45, 7) is 0. The van der Waals surface area contributed by atoms with Crippen LogP contribution in [0.15, 0.2) is 23.4 Å². The molecule has 62 valence electrons. The lowest BCUT2D eigenvalue weighted by molar-refractivity contribution is 1.09. The third kappa shape index (κ3) is 1.04. The highest BCUT2D eigenvalue weighted by molar-refractivity contribution is 7.98. The van der Waals surface area contributed by atoms with E-state index >= 15 is 0 Å². The quantitative estimate of drug-likeness (QED) is 0.519. The summed E-state index contributed by atoms with van der Waals surface area (Å²) in [5.41, 5.74) is 8.32. The number of nitrogens with one attached hydrogen (secondary N) is 1. The van der Waals surface area contributed by atoms with Gasteiger partial charge in [-0.2, -0.15) is 0 Å². The van der Waals surface area contributed by atoms with Crippen molar-refractivity contribution in [2.75, 3.05) is 12.0 Å². The van der Waals surface area contributed by atoms with Gasteiger partial charge in [-0.25, -0.2) is 4.98 Å². The first-order chi connectivity index (χ1) is 5.81. The van der Waals surface area contributed by atoms with E-state index in [0.717, 1.165) is 21.9 Å². The maximum atomic E-state index is 5.73. The van der Waals surface area contributed by atoms with Crippen molar-refractivity contribution in [3.8, 4) is 0 Å². The Balaban J connectivity index is 2.74. The number of nitrogens with zero attached hydrogens (tertiary/aromatic N) is 1. The zero-order valence-corrected chi connectivity index (χ0v) is 7.48. The zero-order valence-electron chi connectivity index (χ0n) is 6.66. The highest BCUT2D eigenvalue weighted by Gasteiger charge is 2.02. The van der Waals surface area contributed by atoms with Gasteiger partial charge in [-0.1, -0.05) is 17.8 Å². The van der Waals surface area contributed by atoms with E-state index in [1.807, 2.05) is 24.5 Å². The van der Waals surface area contributed by atoms with Crippen LogP contribution in [-0.2, 0) is 0 Å². The molecule has 0 aliphatic heterocycles. The largest absolute Gasteiger partial charge is 0.397 e. The molecular formula is C8H9N3S. The van der Waals surface area contributed by atoms with Gasteiger partial charge in [0.05, 0.1) is 11.2 Å². The molecule has 0 aliphatic carbocycles. The molecule has 0 unspecified atom stereocenters. The van der Waals surface area contributed by atoms with Crippen molar-refractivity contribution in [3.05, 3.63) is 18.2 Å². The van der Waals surface area contributed by atoms with Crippen LogP contribution in [0.4, 0.5) is 5.69 Å². The normalized spacial score (nSPS) is 10.8. The van der Waals surface area contributed by atoms with Gasteiger partial charge in [-0.05, 0) is 18.4 Å². The van der Waals surface area contributed by atoms with Crippen molar-refractivity contribution in [1.82, 2.24) is 9.97 Å². The molecule has 0 radical (unpaired) electrons. The predicted octanol–water partition coefficient (Wildman–Crippen LogP) is 1.87. The van der Waals surface area contributed by atoms with Gasteiger partial charge in [0.1, 0.15) is 5.52 Å². The Kier molecular flexibility index (Phi) is 1.69. The summed E-state index contributed by atoms with van der Waals surface area (Å²) < 4.78 is 0. The van der Waals surface area contributed by atoms with Crippen LogP contribution in [0.25, 0.3) is 11.0 Å². The molecule has 2 rings (SSSR count). The van der Waals surface area contributed by atoms with Crippen LogP contribution < -0.4 is 5.73 Å². The van der Waals surface area contributed by atoms with Crippen molar-refractivity contribution < 1.29 is 0 Å². The lowest BCUT2D eigenvalue weighted by Crippen LogP contribution is -1.84. The number of H-pyrrole nitrogens is 1. The molecule has 0 aliphatic rings. The number of fused-ring (bicyclic) bond motifs is 1. The van der Waals surface area contributed by atoms with E-state index in [0.29, 0.717) is 0 Å². The van der Waals surface area contributed by atoms with Gasteiger partial charge >= 0.3 is 0 Å². The van der Waals surface area contributed by atoms with Gasteiger partial charge in [0, 0.05) is 0 Å². The van der Waals surface area contributed by atoms with Crippen molar-refractivity contribution >= 4 is 28.5 Å². The second-order valence-electron chi connectivity index (χ2n) is 2.49. The highest BCUT2D eigenvalue weighted by Crippen LogP contribution is 2.21. The van der Waals surface area contributed by atoms with Crippen LogP contribution in [0, 0.1) is 0 Å². The fraction of sp³-hybridized carbons (Fsp3) is 0.125. The Hall–Kier alpha value is -1.16. The number of rotatable bonds is 1. The van der Waals surface area contributed by atoms with Crippen molar-refractivity contribution in [1.29, 1.82) is 0 Å². The molecule has 0 saturated heterocycles. The van der Waals surface area contributed by atoms with Crippen LogP contribution >= 0.6 is 11.8 Å². The topological polar surface area (TPSA) is 54.7 Å². The van der Waals surface area contributed by atoms with Crippen molar-refractivity contribution in [3.63, 3.8) is 0 Å². The monoisotopic (exact) mass is 179 g/mol. The minimum Gasteiger partial charge on any atom is -0.397 e. The first-order valence-corrected chi connectivity index (χ1v) is 4.82. The molecular weight excluding hydrogens is 170 g/mol. The van der Waals surface area contributed by atoms with Crippen LogP contribution in [0.3, 0.4) is 0 Å². The number of benzene rings is 1. The van der Waals surface area contributed by atoms with Gasteiger partial charge in [0.15, 0.2) is 5.16 Å². The van der Waals surface area contributed by atoms with Crippen LogP contribution in [0.5, 0.6) is 0 Å². The summed E-state index contributed by atoms with van der Waals surface area (Å²) >= 11 is 1.58. The Labute approximate surface area is 74.4 Å². The molecule has 1 heterocycles. The van der Waals surface area contributed by atoms with E-state index in [-0.39, 0.29) is 0 Å². The number of nitrogen functional groups attached to an aromatic ring is 1. The Morgan fingerprint density at radius 3 is 3.00 bits per heavy atom. The van der Waals surface area contributed by atoms with Gasteiger partial charge in [0.2, 0.25) is 0 Å². The van der Waals surface area contributed by atoms with Gasteiger partial charge in [-0.3, -0.25) is 0 Å². The lowest BCUT2D eigenvalue weighted by Gasteiger charge is -1.90. The summed E-state index contributed by atoms with van der Waals surface area (Å²) in [7, 11) is 0. The SMILES string of the molecule is CSc1nc2c(N)cccc2[nH]1. The smallest absolute Gasteiger partial charge is 0.166 e. The standard InChI is InChI=1S/C8H9N3S/c1-12-8-10-6-4-2-3-5(9)7(6)11-8/h2-4H,9H2,1H3,(H,10,11). The molecule has 4 heteroatoms. The number of hydrogen-bond donors (Lipinski definition) is 2. The fourth-order valence-corrected chi connectivity index (χ4v) is 1.52. The highest BCUT2D eigenvalue weighted by atomic mass is 32.2. The molecule has 0 fully saturated rings. The summed E-state index contributed by atoms with van der Waals surface area (Å²) in [5, 5.41) is 0.905. The minimum absolute atomic E-state index is 0.726. The second kappa shape index (κ2) is 2.71. The number of para-hydroxylation sites is 1. The first-order valence-electron chi connectivity index (χ1n) is 3.59. The Bertz CT molecular complexity index is 408. The third-order valence-corrected chi connectivity index (χ3v) is 2.30. The van der Waals surface area contributed by atoms with Gasteiger partial charge < -0.3 is 10.7 Å². The molecule has 12 heavy (non-hydrogen) atoms. The number of hydrogen-bond acceptors (Lipinski definition) is 3. The van der Waals surface area contributed by atoms with E-state index in [4.69, 9.17) is 5.73 Å². The molecule has 0 amide bonds. The maximum Gasteiger partial charge on any atom is 0.166 e. The Morgan fingerprint density at radius 2 is 2.33 bits per heavy atom.